The van der Waals surface area contributed by atoms with Crippen LogP contribution in [-0.2, 0) is 4.79 Å². The topological polar surface area (TPSA) is 78.4 Å². The van der Waals surface area contributed by atoms with Crippen molar-refractivity contribution in [2.45, 2.75) is 52.1 Å². The van der Waals surface area contributed by atoms with E-state index in [0.29, 0.717) is 6.42 Å². The number of amides is 2. The van der Waals surface area contributed by atoms with Crippen molar-refractivity contribution < 1.29 is 14.7 Å². The van der Waals surface area contributed by atoms with E-state index in [-0.39, 0.29) is 6.04 Å². The van der Waals surface area contributed by atoms with Crippen LogP contribution >= 0.6 is 0 Å². The Morgan fingerprint density at radius 3 is 2.33 bits per heavy atom. The van der Waals surface area contributed by atoms with Gasteiger partial charge in [0.2, 0.25) is 0 Å². The minimum atomic E-state index is -0.999. The molecule has 116 valence electrons. The number of aryl methyl sites for hydroxylation is 1. The van der Waals surface area contributed by atoms with E-state index < -0.39 is 18.0 Å². The molecular weight excluding hydrogens is 268 g/mol. The number of nitrogens with one attached hydrogen (secondary N) is 2. The fourth-order valence-corrected chi connectivity index (χ4v) is 2.00. The first-order valence-corrected chi connectivity index (χ1v) is 7.30. The number of carbonyl (C=O) groups excluding carboxylic acids is 1. The van der Waals surface area contributed by atoms with Gasteiger partial charge in [-0.05, 0) is 25.8 Å². The van der Waals surface area contributed by atoms with Crippen LogP contribution in [0.4, 0.5) is 4.79 Å². The Bertz CT molecular complexity index is 471. The molecule has 0 saturated carbocycles. The molecule has 0 aliphatic rings. The van der Waals surface area contributed by atoms with Crippen LogP contribution in [0.1, 0.15) is 50.3 Å². The Balaban J connectivity index is 2.54. The molecule has 0 radical (unpaired) electrons. The highest BCUT2D eigenvalue weighted by Gasteiger charge is 2.20. The Morgan fingerprint density at radius 1 is 1.19 bits per heavy atom. The highest BCUT2D eigenvalue weighted by Crippen LogP contribution is 2.12. The Morgan fingerprint density at radius 2 is 1.81 bits per heavy atom. The van der Waals surface area contributed by atoms with Gasteiger partial charge in [-0.1, -0.05) is 49.6 Å². The Labute approximate surface area is 125 Å². The summed E-state index contributed by atoms with van der Waals surface area (Å²) in [7, 11) is 0. The second-order valence-corrected chi connectivity index (χ2v) is 5.28. The lowest BCUT2D eigenvalue weighted by Gasteiger charge is -2.18. The van der Waals surface area contributed by atoms with E-state index in [1.54, 1.807) is 0 Å². The zero-order chi connectivity index (χ0) is 15.8. The van der Waals surface area contributed by atoms with Gasteiger partial charge in [-0.3, -0.25) is 0 Å². The summed E-state index contributed by atoms with van der Waals surface area (Å²) in [6.07, 6.45) is 2.11. The molecule has 5 nitrogen and oxygen atoms in total. The molecule has 2 atom stereocenters. The molecule has 21 heavy (non-hydrogen) atoms. The number of aliphatic carboxylic acids is 1. The van der Waals surface area contributed by atoms with Gasteiger partial charge in [0, 0.05) is 0 Å². The lowest BCUT2D eigenvalue weighted by molar-refractivity contribution is -0.139. The SMILES string of the molecule is CCCCC(NC(=O)NC(C)c1ccc(C)cc1)C(=O)O. The fourth-order valence-electron chi connectivity index (χ4n) is 2.00. The van der Waals surface area contributed by atoms with Crippen molar-refractivity contribution >= 4 is 12.0 Å². The predicted molar refractivity (Wildman–Crippen MR) is 82.2 cm³/mol. The number of benzene rings is 1. The van der Waals surface area contributed by atoms with E-state index in [9.17, 15) is 9.59 Å². The van der Waals surface area contributed by atoms with Crippen LogP contribution in [0.3, 0.4) is 0 Å². The minimum absolute atomic E-state index is 0.175. The standard InChI is InChI=1S/C16H24N2O3/c1-4-5-6-14(15(19)20)18-16(21)17-12(3)13-9-7-11(2)8-10-13/h7-10,12,14H,4-6H2,1-3H3,(H,19,20)(H2,17,18,21). The number of hydrogen-bond donors (Lipinski definition) is 3. The summed E-state index contributed by atoms with van der Waals surface area (Å²) in [4.78, 5) is 23.0. The maximum atomic E-state index is 11.9. The quantitative estimate of drug-likeness (QED) is 0.723. The van der Waals surface area contributed by atoms with Crippen LogP contribution in [0, 0.1) is 6.92 Å². The van der Waals surface area contributed by atoms with E-state index in [2.05, 4.69) is 10.6 Å². The van der Waals surface area contributed by atoms with Gasteiger partial charge in [0.15, 0.2) is 0 Å². The van der Waals surface area contributed by atoms with E-state index >= 15 is 0 Å². The number of rotatable bonds is 7. The summed E-state index contributed by atoms with van der Waals surface area (Å²) < 4.78 is 0. The van der Waals surface area contributed by atoms with Gasteiger partial charge >= 0.3 is 12.0 Å². The number of carboxylic acids is 1. The second kappa shape index (κ2) is 8.29. The summed E-state index contributed by atoms with van der Waals surface area (Å²) >= 11 is 0. The maximum absolute atomic E-state index is 11.9. The maximum Gasteiger partial charge on any atom is 0.326 e. The van der Waals surface area contributed by atoms with E-state index in [0.717, 1.165) is 24.0 Å². The fraction of sp³-hybridized carbons (Fsp3) is 0.500. The van der Waals surface area contributed by atoms with Crippen LogP contribution in [0.2, 0.25) is 0 Å². The zero-order valence-electron chi connectivity index (χ0n) is 12.8. The van der Waals surface area contributed by atoms with Gasteiger partial charge < -0.3 is 15.7 Å². The van der Waals surface area contributed by atoms with Crippen LogP contribution in [0.15, 0.2) is 24.3 Å². The smallest absolute Gasteiger partial charge is 0.326 e. The molecule has 3 N–H and O–H groups in total. The van der Waals surface area contributed by atoms with E-state index in [4.69, 9.17) is 5.11 Å². The molecule has 2 unspecified atom stereocenters. The van der Waals surface area contributed by atoms with Crippen LogP contribution < -0.4 is 10.6 Å². The lowest BCUT2D eigenvalue weighted by Crippen LogP contribution is -2.46. The predicted octanol–water partition coefficient (Wildman–Crippen LogP) is 3.00. The van der Waals surface area contributed by atoms with E-state index in [1.807, 2.05) is 45.0 Å². The number of carboxylic acid groups (broad SMARTS) is 1. The number of hydrogen-bond acceptors (Lipinski definition) is 2. The molecule has 5 heteroatoms. The summed E-state index contributed by atoms with van der Waals surface area (Å²) in [6, 6.07) is 6.39. The highest BCUT2D eigenvalue weighted by molar-refractivity contribution is 5.82. The lowest BCUT2D eigenvalue weighted by atomic mass is 10.1. The van der Waals surface area contributed by atoms with E-state index in [1.165, 1.54) is 0 Å². The Hall–Kier alpha value is -2.04. The number of urea groups is 1. The van der Waals surface area contributed by atoms with Gasteiger partial charge in [0.1, 0.15) is 6.04 Å². The summed E-state index contributed by atoms with van der Waals surface area (Å²) in [5.74, 6) is -0.999. The highest BCUT2D eigenvalue weighted by atomic mass is 16.4. The molecule has 1 aromatic rings. The molecule has 0 heterocycles. The van der Waals surface area contributed by atoms with Crippen molar-refractivity contribution in [3.8, 4) is 0 Å². The first-order chi connectivity index (χ1) is 9.93. The average molecular weight is 292 g/mol. The van der Waals surface area contributed by atoms with Crippen LogP contribution in [0.25, 0.3) is 0 Å². The first kappa shape index (κ1) is 17.0. The van der Waals surface area contributed by atoms with Crippen LogP contribution in [0.5, 0.6) is 0 Å². The number of carbonyl (C=O) groups is 2. The largest absolute Gasteiger partial charge is 0.480 e. The molecule has 1 rings (SSSR count). The molecule has 2 amide bonds. The molecule has 0 aliphatic heterocycles. The third kappa shape index (κ3) is 5.85. The summed E-state index contributed by atoms with van der Waals surface area (Å²) in [6.45, 7) is 5.85. The molecule has 0 bridgehead atoms. The zero-order valence-corrected chi connectivity index (χ0v) is 12.8. The van der Waals surface area contributed by atoms with Crippen molar-refractivity contribution in [1.82, 2.24) is 10.6 Å². The number of unbranched alkanes of at least 4 members (excludes halogenated alkanes) is 1. The van der Waals surface area contributed by atoms with Gasteiger partial charge in [0.25, 0.3) is 0 Å². The third-order valence-electron chi connectivity index (χ3n) is 3.37. The van der Waals surface area contributed by atoms with Crippen molar-refractivity contribution in [2.75, 3.05) is 0 Å². The van der Waals surface area contributed by atoms with Crippen molar-refractivity contribution in [3.63, 3.8) is 0 Å². The van der Waals surface area contributed by atoms with Crippen molar-refractivity contribution in [1.29, 1.82) is 0 Å². The van der Waals surface area contributed by atoms with Gasteiger partial charge in [-0.2, -0.15) is 0 Å². The second-order valence-electron chi connectivity index (χ2n) is 5.28. The molecule has 0 aromatic heterocycles. The van der Waals surface area contributed by atoms with Gasteiger partial charge in [0.05, 0.1) is 6.04 Å². The van der Waals surface area contributed by atoms with Gasteiger partial charge in [-0.15, -0.1) is 0 Å². The summed E-state index contributed by atoms with van der Waals surface area (Å²) in [5, 5.41) is 14.4. The monoisotopic (exact) mass is 292 g/mol. The van der Waals surface area contributed by atoms with Crippen molar-refractivity contribution in [2.24, 2.45) is 0 Å². The molecule has 0 aliphatic carbocycles. The summed E-state index contributed by atoms with van der Waals surface area (Å²) in [5.41, 5.74) is 2.14. The Kier molecular flexibility index (Phi) is 6.72. The molecule has 0 spiro atoms. The molecular formula is C16H24N2O3. The normalized spacial score (nSPS) is 13.3. The van der Waals surface area contributed by atoms with Crippen molar-refractivity contribution in [3.05, 3.63) is 35.4 Å². The molecule has 0 saturated heterocycles. The van der Waals surface area contributed by atoms with Crippen LogP contribution in [-0.4, -0.2) is 23.1 Å². The van der Waals surface area contributed by atoms with Gasteiger partial charge in [-0.25, -0.2) is 9.59 Å². The average Bonchev–Trinajstić information content (AvgIpc) is 2.43. The molecule has 1 aromatic carbocycles. The third-order valence-corrected chi connectivity index (χ3v) is 3.37. The minimum Gasteiger partial charge on any atom is -0.480 e. The first-order valence-electron chi connectivity index (χ1n) is 7.30. The molecule has 0 fully saturated rings.